The number of aliphatic imine (C=N–C) groups is 1. The summed E-state index contributed by atoms with van der Waals surface area (Å²) in [7, 11) is 1.75. The first kappa shape index (κ1) is 18.7. The van der Waals surface area contributed by atoms with Crippen molar-refractivity contribution in [1.29, 1.82) is 0 Å². The van der Waals surface area contributed by atoms with Gasteiger partial charge in [-0.15, -0.1) is 0 Å². The highest BCUT2D eigenvalue weighted by Gasteiger charge is 2.11. The maximum Gasteiger partial charge on any atom is 0.224 e. The van der Waals surface area contributed by atoms with Crippen LogP contribution in [0.5, 0.6) is 0 Å². The third-order valence-corrected chi connectivity index (χ3v) is 3.80. The predicted octanol–water partition coefficient (Wildman–Crippen LogP) is -0.258. The summed E-state index contributed by atoms with van der Waals surface area (Å²) in [6.45, 7) is 11.6. The first-order valence-corrected chi connectivity index (χ1v) is 8.23. The highest BCUT2D eigenvalue weighted by Crippen LogP contribution is 1.95. The van der Waals surface area contributed by atoms with E-state index in [1.807, 2.05) is 18.7 Å². The van der Waals surface area contributed by atoms with E-state index in [0.29, 0.717) is 13.0 Å². The average molecular weight is 313 g/mol. The standard InChI is InChI=1S/C15H31N5O2/c1-4-20(5-2)14(21)6-7-17-15(16-3)18-8-9-19-10-12-22-13-11-19/h4-13H2,1-3H3,(H2,16,17,18). The van der Waals surface area contributed by atoms with Gasteiger partial charge in [-0.25, -0.2) is 0 Å². The summed E-state index contributed by atoms with van der Waals surface area (Å²) in [6.07, 6.45) is 0.492. The van der Waals surface area contributed by atoms with E-state index in [9.17, 15) is 4.79 Å². The quantitative estimate of drug-likeness (QED) is 0.477. The van der Waals surface area contributed by atoms with Gasteiger partial charge in [0.25, 0.3) is 0 Å². The Morgan fingerprint density at radius 2 is 1.82 bits per heavy atom. The van der Waals surface area contributed by atoms with E-state index in [1.54, 1.807) is 7.05 Å². The van der Waals surface area contributed by atoms with Crippen molar-refractivity contribution >= 4 is 11.9 Å². The monoisotopic (exact) mass is 313 g/mol. The van der Waals surface area contributed by atoms with Gasteiger partial charge in [-0.05, 0) is 13.8 Å². The first-order chi connectivity index (χ1) is 10.7. The molecule has 0 aliphatic carbocycles. The Labute approximate surface area is 134 Å². The molecular weight excluding hydrogens is 282 g/mol. The molecule has 0 aromatic carbocycles. The van der Waals surface area contributed by atoms with E-state index < -0.39 is 0 Å². The molecular formula is C15H31N5O2. The van der Waals surface area contributed by atoms with Crippen molar-refractivity contribution in [2.45, 2.75) is 20.3 Å². The van der Waals surface area contributed by atoms with Gasteiger partial charge >= 0.3 is 0 Å². The summed E-state index contributed by atoms with van der Waals surface area (Å²) in [6, 6.07) is 0. The van der Waals surface area contributed by atoms with Crippen molar-refractivity contribution in [3.05, 3.63) is 0 Å². The maximum absolute atomic E-state index is 11.9. The molecule has 0 atom stereocenters. The van der Waals surface area contributed by atoms with Crippen LogP contribution in [-0.4, -0.2) is 87.7 Å². The fraction of sp³-hybridized carbons (Fsp3) is 0.867. The van der Waals surface area contributed by atoms with Crippen LogP contribution >= 0.6 is 0 Å². The third-order valence-electron chi connectivity index (χ3n) is 3.80. The van der Waals surface area contributed by atoms with Gasteiger partial charge in [0, 0.05) is 59.3 Å². The molecule has 1 rings (SSSR count). The second-order valence-corrected chi connectivity index (χ2v) is 5.20. The van der Waals surface area contributed by atoms with Gasteiger partial charge in [-0.1, -0.05) is 0 Å². The molecule has 1 heterocycles. The lowest BCUT2D eigenvalue weighted by molar-refractivity contribution is -0.130. The number of rotatable bonds is 8. The second-order valence-electron chi connectivity index (χ2n) is 5.20. The van der Waals surface area contributed by atoms with Crippen LogP contribution in [0.25, 0.3) is 0 Å². The number of carbonyl (C=O) groups is 1. The number of hydrogen-bond acceptors (Lipinski definition) is 4. The highest BCUT2D eigenvalue weighted by molar-refractivity contribution is 5.81. The molecule has 0 unspecified atom stereocenters. The largest absolute Gasteiger partial charge is 0.379 e. The fourth-order valence-electron chi connectivity index (χ4n) is 2.40. The minimum Gasteiger partial charge on any atom is -0.379 e. The van der Waals surface area contributed by atoms with Crippen LogP contribution in [0.15, 0.2) is 4.99 Å². The van der Waals surface area contributed by atoms with Gasteiger partial charge < -0.3 is 20.3 Å². The van der Waals surface area contributed by atoms with Gasteiger partial charge in [0.05, 0.1) is 13.2 Å². The Kier molecular flexibility index (Phi) is 9.57. The van der Waals surface area contributed by atoms with E-state index >= 15 is 0 Å². The topological polar surface area (TPSA) is 69.2 Å². The van der Waals surface area contributed by atoms with Crippen LogP contribution < -0.4 is 10.6 Å². The zero-order valence-electron chi connectivity index (χ0n) is 14.2. The van der Waals surface area contributed by atoms with E-state index in [2.05, 4.69) is 20.5 Å². The molecule has 1 amide bonds. The summed E-state index contributed by atoms with van der Waals surface area (Å²) in [4.78, 5) is 20.3. The Morgan fingerprint density at radius 3 is 2.41 bits per heavy atom. The molecule has 128 valence electrons. The predicted molar refractivity (Wildman–Crippen MR) is 89.2 cm³/mol. The van der Waals surface area contributed by atoms with Crippen LogP contribution in [0.2, 0.25) is 0 Å². The number of carbonyl (C=O) groups excluding carboxylic acids is 1. The summed E-state index contributed by atoms with van der Waals surface area (Å²) in [5, 5.41) is 6.47. The minimum atomic E-state index is 0.182. The van der Waals surface area contributed by atoms with Crippen LogP contribution in [0, 0.1) is 0 Å². The average Bonchev–Trinajstić information content (AvgIpc) is 2.55. The van der Waals surface area contributed by atoms with Crippen molar-refractivity contribution in [3.63, 3.8) is 0 Å². The SMILES string of the molecule is CCN(CC)C(=O)CCNC(=NC)NCCN1CCOCC1. The van der Waals surface area contributed by atoms with Gasteiger partial charge in [0.15, 0.2) is 5.96 Å². The number of hydrogen-bond donors (Lipinski definition) is 2. The Bertz CT molecular complexity index is 339. The van der Waals surface area contributed by atoms with Crippen molar-refractivity contribution in [1.82, 2.24) is 20.4 Å². The van der Waals surface area contributed by atoms with E-state index in [1.165, 1.54) is 0 Å². The summed E-state index contributed by atoms with van der Waals surface area (Å²) < 4.78 is 5.33. The number of amides is 1. The minimum absolute atomic E-state index is 0.182. The zero-order valence-corrected chi connectivity index (χ0v) is 14.2. The van der Waals surface area contributed by atoms with Crippen LogP contribution in [-0.2, 0) is 9.53 Å². The van der Waals surface area contributed by atoms with Crippen LogP contribution in [0.3, 0.4) is 0 Å². The number of guanidine groups is 1. The van der Waals surface area contributed by atoms with Gasteiger partial charge in [-0.3, -0.25) is 14.7 Å². The molecule has 1 aliphatic heterocycles. The van der Waals surface area contributed by atoms with Crippen LogP contribution in [0.1, 0.15) is 20.3 Å². The number of ether oxygens (including phenoxy) is 1. The lowest BCUT2D eigenvalue weighted by Crippen LogP contribution is -2.45. The number of nitrogens with one attached hydrogen (secondary N) is 2. The summed E-state index contributed by atoms with van der Waals surface area (Å²) >= 11 is 0. The molecule has 0 bridgehead atoms. The molecule has 0 aromatic heterocycles. The van der Waals surface area contributed by atoms with Crippen molar-refractivity contribution in [3.8, 4) is 0 Å². The summed E-state index contributed by atoms with van der Waals surface area (Å²) in [5.41, 5.74) is 0. The maximum atomic E-state index is 11.9. The molecule has 7 nitrogen and oxygen atoms in total. The smallest absolute Gasteiger partial charge is 0.224 e. The molecule has 7 heteroatoms. The molecule has 22 heavy (non-hydrogen) atoms. The number of nitrogens with zero attached hydrogens (tertiary/aromatic N) is 3. The van der Waals surface area contributed by atoms with E-state index in [4.69, 9.17) is 4.74 Å². The van der Waals surface area contributed by atoms with Crippen LogP contribution in [0.4, 0.5) is 0 Å². The van der Waals surface area contributed by atoms with Crippen molar-refractivity contribution in [2.75, 3.05) is 66.1 Å². The highest BCUT2D eigenvalue weighted by atomic mass is 16.5. The molecule has 0 aromatic rings. The normalized spacial score (nSPS) is 16.4. The van der Waals surface area contributed by atoms with Crippen molar-refractivity contribution in [2.24, 2.45) is 4.99 Å². The van der Waals surface area contributed by atoms with Gasteiger partial charge in [0.2, 0.25) is 5.91 Å². The van der Waals surface area contributed by atoms with Gasteiger partial charge in [0.1, 0.15) is 0 Å². The van der Waals surface area contributed by atoms with E-state index in [-0.39, 0.29) is 5.91 Å². The Hall–Kier alpha value is -1.34. The number of morpholine rings is 1. The molecule has 0 spiro atoms. The third kappa shape index (κ3) is 7.09. The second kappa shape index (κ2) is 11.3. The molecule has 0 radical (unpaired) electrons. The molecule has 1 fully saturated rings. The molecule has 1 aliphatic rings. The lowest BCUT2D eigenvalue weighted by Gasteiger charge is -2.26. The Morgan fingerprint density at radius 1 is 1.18 bits per heavy atom. The van der Waals surface area contributed by atoms with Gasteiger partial charge in [-0.2, -0.15) is 0 Å². The fourth-order valence-corrected chi connectivity index (χ4v) is 2.40. The molecule has 1 saturated heterocycles. The van der Waals surface area contributed by atoms with E-state index in [0.717, 1.165) is 58.4 Å². The molecule has 0 saturated carbocycles. The first-order valence-electron chi connectivity index (χ1n) is 8.23. The summed E-state index contributed by atoms with van der Waals surface area (Å²) in [5.74, 6) is 0.932. The lowest BCUT2D eigenvalue weighted by atomic mass is 10.3. The zero-order chi connectivity index (χ0) is 16.2. The molecule has 2 N–H and O–H groups in total. The van der Waals surface area contributed by atoms with Crippen molar-refractivity contribution < 1.29 is 9.53 Å². The Balaban J connectivity index is 2.15.